The number of hydrogen-bond acceptors (Lipinski definition) is 9. The average Bonchev–Trinajstić information content (AvgIpc) is 3.50. The van der Waals surface area contributed by atoms with Crippen LogP contribution in [0.2, 0.25) is 0 Å². The topological polar surface area (TPSA) is 186 Å². The van der Waals surface area contributed by atoms with E-state index in [4.69, 9.17) is 15.2 Å². The van der Waals surface area contributed by atoms with Gasteiger partial charge in [-0.3, -0.25) is 4.79 Å². The lowest BCUT2D eigenvalue weighted by Gasteiger charge is -2.33. The van der Waals surface area contributed by atoms with Gasteiger partial charge >= 0.3 is 18.2 Å². The Hall–Kier alpha value is -5.72. The van der Waals surface area contributed by atoms with Crippen LogP contribution in [0, 0.1) is 0 Å². The number of anilines is 1. The highest BCUT2D eigenvalue weighted by atomic mass is 16.6. The Kier molecular flexibility index (Phi) is 11.3. The van der Waals surface area contributed by atoms with Gasteiger partial charge < -0.3 is 35.8 Å². The lowest BCUT2D eigenvalue weighted by Crippen LogP contribution is -2.57. The van der Waals surface area contributed by atoms with Crippen LogP contribution in [0.25, 0.3) is 22.0 Å². The van der Waals surface area contributed by atoms with E-state index in [0.29, 0.717) is 53.5 Å². The molecule has 13 heteroatoms. The largest absolute Gasteiger partial charge is 0.479 e. The molecule has 0 saturated heterocycles. The number of carbonyl (C=O) groups is 4. The first-order chi connectivity index (χ1) is 24.9. The van der Waals surface area contributed by atoms with Crippen molar-refractivity contribution in [1.29, 1.82) is 0 Å². The number of carboxylic acid groups (broad SMARTS) is 1. The van der Waals surface area contributed by atoms with Gasteiger partial charge in [0.1, 0.15) is 22.4 Å². The van der Waals surface area contributed by atoms with E-state index >= 15 is 0 Å². The van der Waals surface area contributed by atoms with E-state index < -0.39 is 34.9 Å². The molecular formula is C40H48N6O7. The number of amides is 3. The molecule has 0 saturated carbocycles. The van der Waals surface area contributed by atoms with Crippen LogP contribution in [0.1, 0.15) is 88.0 Å². The third kappa shape index (κ3) is 9.79. The lowest BCUT2D eigenvalue weighted by molar-refractivity contribution is -0.145. The molecule has 280 valence electrons. The van der Waals surface area contributed by atoms with Crippen LogP contribution in [-0.4, -0.2) is 67.3 Å². The van der Waals surface area contributed by atoms with Gasteiger partial charge in [0.25, 0.3) is 5.91 Å². The number of nitrogens with zero attached hydrogens (tertiary/aromatic N) is 3. The lowest BCUT2D eigenvalue weighted by atomic mass is 9.83. The van der Waals surface area contributed by atoms with Gasteiger partial charge in [0.15, 0.2) is 0 Å². The van der Waals surface area contributed by atoms with Crippen LogP contribution < -0.4 is 16.4 Å². The minimum atomic E-state index is -1.77. The summed E-state index contributed by atoms with van der Waals surface area (Å²) < 4.78 is 10.8. The molecule has 0 aliphatic carbocycles. The molecule has 0 spiro atoms. The Morgan fingerprint density at radius 1 is 0.830 bits per heavy atom. The minimum absolute atomic E-state index is 0.0218. The predicted octanol–water partition coefficient (Wildman–Crippen LogP) is 6.62. The summed E-state index contributed by atoms with van der Waals surface area (Å²) in [6.45, 7) is 11.5. The monoisotopic (exact) mass is 724 g/mol. The quantitative estimate of drug-likeness (QED) is 0.123. The van der Waals surface area contributed by atoms with Gasteiger partial charge in [0, 0.05) is 31.4 Å². The number of aromatic nitrogens is 2. The zero-order valence-corrected chi connectivity index (χ0v) is 31.1. The maximum atomic E-state index is 13.9. The molecular weight excluding hydrogens is 676 g/mol. The second-order valence-electron chi connectivity index (χ2n) is 15.3. The number of hydrogen-bond donors (Lipinski definition) is 4. The number of nitrogens with one attached hydrogen (secondary N) is 2. The van der Waals surface area contributed by atoms with Crippen molar-refractivity contribution >= 4 is 40.9 Å². The molecule has 1 aliphatic heterocycles. The van der Waals surface area contributed by atoms with Gasteiger partial charge in [0.2, 0.25) is 5.95 Å². The van der Waals surface area contributed by atoms with E-state index in [1.165, 1.54) is 0 Å². The highest BCUT2D eigenvalue weighted by Gasteiger charge is 2.41. The molecule has 13 nitrogen and oxygen atoms in total. The number of alkyl carbamates (subject to hydrolysis) is 2. The molecule has 53 heavy (non-hydrogen) atoms. The van der Waals surface area contributed by atoms with Gasteiger partial charge in [-0.1, -0.05) is 54.6 Å². The molecule has 0 radical (unpaired) electrons. The summed E-state index contributed by atoms with van der Waals surface area (Å²) in [7, 11) is 0. The van der Waals surface area contributed by atoms with Crippen LogP contribution in [0.3, 0.4) is 0 Å². The normalized spacial score (nSPS) is 13.9. The fourth-order valence-corrected chi connectivity index (χ4v) is 6.37. The summed E-state index contributed by atoms with van der Waals surface area (Å²) >= 11 is 0. The number of nitrogen functional groups attached to an aromatic ring is 1. The number of rotatable bonds is 11. The van der Waals surface area contributed by atoms with Crippen LogP contribution >= 0.6 is 0 Å². The van der Waals surface area contributed by atoms with Gasteiger partial charge in [-0.15, -0.1) is 0 Å². The van der Waals surface area contributed by atoms with Crippen molar-refractivity contribution in [2.75, 3.05) is 12.3 Å². The molecule has 0 bridgehead atoms. The number of fused-ring (bicyclic) bond motifs is 2. The summed E-state index contributed by atoms with van der Waals surface area (Å²) in [5.41, 5.74) is 7.61. The van der Waals surface area contributed by atoms with E-state index in [2.05, 4.69) is 20.6 Å². The molecule has 1 aromatic heterocycles. The number of unbranched alkanes of at least 4 members (excludes halogenated alkanes) is 1. The van der Waals surface area contributed by atoms with E-state index in [1.807, 2.05) is 54.6 Å². The SMILES string of the molecule is CC(C)(C)OC(=O)NCCCC[C@@](Cc1ccccc1-c1ccc2nc(N)nc(C(=O)N3Cc4ccccc4C3)c2c1)(NC(=O)OC(C)(C)C)C(=O)O. The fourth-order valence-electron chi connectivity index (χ4n) is 6.37. The highest BCUT2D eigenvalue weighted by Crippen LogP contribution is 2.33. The zero-order valence-electron chi connectivity index (χ0n) is 31.1. The van der Waals surface area contributed by atoms with Crippen molar-refractivity contribution in [3.63, 3.8) is 0 Å². The van der Waals surface area contributed by atoms with E-state index in [0.717, 1.165) is 11.1 Å². The number of carboxylic acids is 1. The van der Waals surface area contributed by atoms with E-state index in [-0.39, 0.29) is 36.9 Å². The van der Waals surface area contributed by atoms with Gasteiger partial charge in [-0.25, -0.2) is 24.4 Å². The van der Waals surface area contributed by atoms with Gasteiger partial charge in [-0.2, -0.15) is 0 Å². The second kappa shape index (κ2) is 15.5. The Labute approximate surface area is 309 Å². The number of ether oxygens (including phenoxy) is 2. The molecule has 1 aliphatic rings. The van der Waals surface area contributed by atoms with Crippen LogP contribution in [0.5, 0.6) is 0 Å². The van der Waals surface area contributed by atoms with E-state index in [1.54, 1.807) is 58.6 Å². The van der Waals surface area contributed by atoms with Crippen molar-refractivity contribution in [3.8, 4) is 11.1 Å². The Balaban J connectivity index is 1.45. The average molecular weight is 725 g/mol. The molecule has 4 aromatic rings. The van der Waals surface area contributed by atoms with Crippen LogP contribution in [-0.2, 0) is 33.8 Å². The third-order valence-electron chi connectivity index (χ3n) is 8.71. The molecule has 1 atom stereocenters. The van der Waals surface area contributed by atoms with Crippen molar-refractivity contribution in [2.24, 2.45) is 0 Å². The Morgan fingerprint density at radius 2 is 1.45 bits per heavy atom. The summed E-state index contributed by atoms with van der Waals surface area (Å²) in [4.78, 5) is 63.0. The Morgan fingerprint density at radius 3 is 2.09 bits per heavy atom. The standard InChI is InChI=1S/C40H48N6O7/c1-38(2,3)52-36(50)42-20-12-11-19-40(34(48)49,45-37(51)53-39(4,5)6)22-26-13-9-10-16-29(26)25-17-18-31-30(21-25)32(44-35(41)43-31)33(47)46-23-27-14-7-8-15-28(27)24-46/h7-10,13-18,21H,11-12,19-20,22-24H2,1-6H3,(H,42,50)(H,45,51)(H,48,49)(H2,41,43,44)/t40-/m0/s1. The summed E-state index contributed by atoms with van der Waals surface area (Å²) in [5, 5.41) is 16.7. The van der Waals surface area contributed by atoms with Crippen molar-refractivity contribution in [1.82, 2.24) is 25.5 Å². The van der Waals surface area contributed by atoms with Crippen LogP contribution in [0.15, 0.2) is 66.7 Å². The second-order valence-corrected chi connectivity index (χ2v) is 15.3. The number of carbonyl (C=O) groups excluding carboxylic acids is 3. The molecule has 0 unspecified atom stereocenters. The minimum Gasteiger partial charge on any atom is -0.479 e. The zero-order chi connectivity index (χ0) is 38.6. The van der Waals surface area contributed by atoms with E-state index in [9.17, 15) is 24.3 Å². The van der Waals surface area contributed by atoms with Crippen molar-refractivity contribution < 1.29 is 33.8 Å². The molecule has 3 aromatic carbocycles. The van der Waals surface area contributed by atoms with Gasteiger partial charge in [-0.05, 0) is 101 Å². The molecule has 0 fully saturated rings. The molecule has 3 amide bonds. The fraction of sp³-hybridized carbons (Fsp3) is 0.400. The smallest absolute Gasteiger partial charge is 0.408 e. The predicted molar refractivity (Wildman–Crippen MR) is 201 cm³/mol. The number of aliphatic carboxylic acids is 1. The van der Waals surface area contributed by atoms with Crippen LogP contribution in [0.4, 0.5) is 15.5 Å². The summed E-state index contributed by atoms with van der Waals surface area (Å²) in [6, 6.07) is 20.6. The first kappa shape index (κ1) is 38.5. The molecule has 5 rings (SSSR count). The first-order valence-electron chi connectivity index (χ1n) is 17.7. The van der Waals surface area contributed by atoms with Gasteiger partial charge in [0.05, 0.1) is 5.52 Å². The van der Waals surface area contributed by atoms with Crippen molar-refractivity contribution in [3.05, 3.63) is 89.1 Å². The number of benzene rings is 3. The number of nitrogens with two attached hydrogens (primary N) is 1. The molecule has 5 N–H and O–H groups in total. The maximum Gasteiger partial charge on any atom is 0.408 e. The summed E-state index contributed by atoms with van der Waals surface area (Å²) in [5.74, 6) is -1.54. The summed E-state index contributed by atoms with van der Waals surface area (Å²) in [6.07, 6.45) is -0.711. The first-order valence-corrected chi connectivity index (χ1v) is 17.7. The maximum absolute atomic E-state index is 13.9. The third-order valence-corrected chi connectivity index (χ3v) is 8.71. The molecule has 2 heterocycles. The Bertz CT molecular complexity index is 1990. The van der Waals surface area contributed by atoms with Crippen molar-refractivity contribution in [2.45, 2.75) is 97.1 Å². The highest BCUT2D eigenvalue weighted by molar-refractivity contribution is 6.06.